The molecule has 3 heterocycles. The summed E-state index contributed by atoms with van der Waals surface area (Å²) in [5, 5.41) is 3.65. The summed E-state index contributed by atoms with van der Waals surface area (Å²) in [5.74, 6) is 0.962. The molecule has 4 nitrogen and oxygen atoms in total. The van der Waals surface area contributed by atoms with E-state index in [0.717, 1.165) is 61.0 Å². The van der Waals surface area contributed by atoms with E-state index in [1.807, 2.05) is 12.3 Å². The summed E-state index contributed by atoms with van der Waals surface area (Å²) in [4.78, 5) is 14.6. The number of imidazole rings is 1. The fourth-order valence-corrected chi connectivity index (χ4v) is 8.86. The van der Waals surface area contributed by atoms with Crippen molar-refractivity contribution in [3.63, 3.8) is 0 Å². The molecular weight excluding hydrogens is 729 g/mol. The van der Waals surface area contributed by atoms with Crippen molar-refractivity contribution in [3.05, 3.63) is 144 Å². The first-order valence-corrected chi connectivity index (χ1v) is 21.5. The first-order chi connectivity index (χ1) is 28.3. The molecule has 3 aromatic heterocycles. The number of benzene rings is 6. The van der Waals surface area contributed by atoms with E-state index < -0.39 is 0 Å². The number of nitrogens with one attached hydrogen (secondary N) is 1. The largest absolute Gasteiger partial charge is 0.354 e. The molecule has 0 unspecified atom stereocenters. The maximum absolute atomic E-state index is 5.74. The van der Waals surface area contributed by atoms with Crippen LogP contribution in [0.5, 0.6) is 0 Å². The van der Waals surface area contributed by atoms with Crippen molar-refractivity contribution in [1.29, 1.82) is 0 Å². The highest BCUT2D eigenvalue weighted by molar-refractivity contribution is 6.14. The lowest BCUT2D eigenvalue weighted by atomic mass is 9.83. The fraction of sp³-hybridized carbons (Fsp3) is 0.286. The molecule has 0 radical (unpaired) electrons. The van der Waals surface area contributed by atoms with Gasteiger partial charge < -0.3 is 9.55 Å². The minimum atomic E-state index is -0.269. The van der Waals surface area contributed by atoms with Gasteiger partial charge in [-0.3, -0.25) is 4.98 Å². The second kappa shape index (κ2) is 13.8. The van der Waals surface area contributed by atoms with Crippen molar-refractivity contribution in [1.82, 2.24) is 19.5 Å². The van der Waals surface area contributed by atoms with Crippen LogP contribution in [-0.4, -0.2) is 19.5 Å². The average molecular weight is 787 g/mol. The highest BCUT2D eigenvalue weighted by Crippen LogP contribution is 2.44. The van der Waals surface area contributed by atoms with Gasteiger partial charge in [-0.05, 0) is 131 Å². The standard InChI is InChI=1S/C56H58N4/c1-53(2,3)39-23-24-47-44(31-39)46-33-41(55(7,8)9)32-45(50(46)58-47)42-21-16-22-48-51(42)59-52(60(48)56(10,11)12)38-27-37(28-40(29-38)54(4,5)6)43-30-36(34-18-14-13-15-19-34)26-35-20-17-25-57-49(35)43/h13-33,58H,1-12H3. The zero-order chi connectivity index (χ0) is 42.5. The van der Waals surface area contributed by atoms with Crippen LogP contribution >= 0.6 is 0 Å². The predicted molar refractivity (Wildman–Crippen MR) is 257 cm³/mol. The normalized spacial score (nSPS) is 13.0. The molecule has 0 fully saturated rings. The van der Waals surface area contributed by atoms with E-state index in [1.54, 1.807) is 0 Å². The van der Waals surface area contributed by atoms with Crippen LogP contribution in [0, 0.1) is 0 Å². The fourth-order valence-electron chi connectivity index (χ4n) is 8.86. The van der Waals surface area contributed by atoms with Crippen molar-refractivity contribution in [3.8, 4) is 44.8 Å². The number of hydrogen-bond donors (Lipinski definition) is 1. The third-order valence-electron chi connectivity index (χ3n) is 12.3. The molecule has 60 heavy (non-hydrogen) atoms. The first kappa shape index (κ1) is 39.5. The van der Waals surface area contributed by atoms with E-state index in [1.165, 1.54) is 44.2 Å². The Bertz CT molecular complexity index is 3110. The SMILES string of the molecule is CC(C)(C)c1cc(-c2cc(-c3ccccc3)cc3cccnc23)cc(-c2nc3c(-c4cc(C(C)(C)C)cc5c4[nH]c4ccc(C(C)(C)C)cc45)cccc3n2C(C)(C)C)c1. The van der Waals surface area contributed by atoms with E-state index in [9.17, 15) is 0 Å². The van der Waals surface area contributed by atoms with Gasteiger partial charge >= 0.3 is 0 Å². The molecular formula is C56H58N4. The molecule has 4 heteroatoms. The maximum atomic E-state index is 5.74. The summed E-state index contributed by atoms with van der Waals surface area (Å²) in [5.41, 5.74) is 17.0. The van der Waals surface area contributed by atoms with Crippen molar-refractivity contribution in [2.24, 2.45) is 0 Å². The molecule has 9 aromatic rings. The monoisotopic (exact) mass is 786 g/mol. The minimum absolute atomic E-state index is 0.0441. The summed E-state index contributed by atoms with van der Waals surface area (Å²) in [6, 6.07) is 45.0. The van der Waals surface area contributed by atoms with Crippen LogP contribution in [0.25, 0.3) is 88.5 Å². The number of aromatic nitrogens is 4. The molecule has 0 aliphatic rings. The lowest BCUT2D eigenvalue weighted by molar-refractivity contribution is 0.413. The molecule has 0 amide bonds. The van der Waals surface area contributed by atoms with Gasteiger partial charge in [0.25, 0.3) is 0 Å². The van der Waals surface area contributed by atoms with Gasteiger partial charge in [0.15, 0.2) is 0 Å². The van der Waals surface area contributed by atoms with Crippen molar-refractivity contribution in [2.75, 3.05) is 0 Å². The summed E-state index contributed by atoms with van der Waals surface area (Å²) >= 11 is 0. The Morgan fingerprint density at radius 2 is 1.15 bits per heavy atom. The Hall–Kier alpha value is -6.00. The van der Waals surface area contributed by atoms with E-state index in [2.05, 4.69) is 208 Å². The van der Waals surface area contributed by atoms with Gasteiger partial charge in [0, 0.05) is 55.7 Å². The Balaban J connectivity index is 1.33. The molecule has 0 aliphatic heterocycles. The molecule has 0 spiro atoms. The van der Waals surface area contributed by atoms with Crippen LogP contribution in [0.1, 0.15) is 99.8 Å². The van der Waals surface area contributed by atoms with E-state index in [-0.39, 0.29) is 21.8 Å². The number of nitrogens with zero attached hydrogens (tertiary/aromatic N) is 3. The van der Waals surface area contributed by atoms with Gasteiger partial charge in [0.1, 0.15) is 5.82 Å². The molecule has 0 saturated heterocycles. The van der Waals surface area contributed by atoms with E-state index in [4.69, 9.17) is 9.97 Å². The molecule has 302 valence electrons. The quantitative estimate of drug-likeness (QED) is 0.193. The summed E-state index contributed by atoms with van der Waals surface area (Å²) in [6.45, 7) is 27.6. The predicted octanol–water partition coefficient (Wildman–Crippen LogP) is 15.5. The highest BCUT2D eigenvalue weighted by Gasteiger charge is 2.28. The Kier molecular flexibility index (Phi) is 9.06. The number of rotatable bonds is 4. The third-order valence-corrected chi connectivity index (χ3v) is 12.3. The lowest BCUT2D eigenvalue weighted by Crippen LogP contribution is -2.22. The van der Waals surface area contributed by atoms with Crippen LogP contribution < -0.4 is 0 Å². The second-order valence-electron chi connectivity index (χ2n) is 21.0. The lowest BCUT2D eigenvalue weighted by Gasteiger charge is -2.26. The molecule has 0 saturated carbocycles. The molecule has 9 rings (SSSR count). The Morgan fingerprint density at radius 3 is 1.85 bits per heavy atom. The molecule has 0 atom stereocenters. The van der Waals surface area contributed by atoms with Crippen LogP contribution in [0.2, 0.25) is 0 Å². The Labute approximate surface area is 355 Å². The zero-order valence-corrected chi connectivity index (χ0v) is 37.5. The molecule has 0 bridgehead atoms. The molecule has 6 aromatic carbocycles. The van der Waals surface area contributed by atoms with Crippen LogP contribution in [-0.2, 0) is 21.8 Å². The second-order valence-corrected chi connectivity index (χ2v) is 21.0. The highest BCUT2D eigenvalue weighted by atomic mass is 15.1. The topological polar surface area (TPSA) is 46.5 Å². The van der Waals surface area contributed by atoms with E-state index in [0.29, 0.717) is 0 Å². The average Bonchev–Trinajstić information content (AvgIpc) is 3.79. The molecule has 1 N–H and O–H groups in total. The summed E-state index contributed by atoms with van der Waals surface area (Å²) in [7, 11) is 0. The minimum Gasteiger partial charge on any atom is -0.354 e. The van der Waals surface area contributed by atoms with Crippen molar-refractivity contribution >= 4 is 43.7 Å². The van der Waals surface area contributed by atoms with Gasteiger partial charge in [-0.15, -0.1) is 0 Å². The van der Waals surface area contributed by atoms with Gasteiger partial charge in [0.05, 0.1) is 22.1 Å². The number of H-pyrrole nitrogens is 1. The number of para-hydroxylation sites is 1. The number of pyridine rings is 1. The van der Waals surface area contributed by atoms with Crippen LogP contribution in [0.3, 0.4) is 0 Å². The van der Waals surface area contributed by atoms with E-state index >= 15 is 0 Å². The van der Waals surface area contributed by atoms with Crippen molar-refractivity contribution < 1.29 is 0 Å². The maximum Gasteiger partial charge on any atom is 0.141 e. The van der Waals surface area contributed by atoms with Gasteiger partial charge in [0.2, 0.25) is 0 Å². The number of fused-ring (bicyclic) bond motifs is 5. The molecule has 0 aliphatic carbocycles. The summed E-state index contributed by atoms with van der Waals surface area (Å²) in [6.07, 6.45) is 1.91. The van der Waals surface area contributed by atoms with Crippen LogP contribution in [0.15, 0.2) is 128 Å². The number of hydrogen-bond acceptors (Lipinski definition) is 2. The summed E-state index contributed by atoms with van der Waals surface area (Å²) < 4.78 is 2.46. The zero-order valence-electron chi connectivity index (χ0n) is 37.5. The van der Waals surface area contributed by atoms with Gasteiger partial charge in [-0.2, -0.15) is 0 Å². The third kappa shape index (κ3) is 6.90. The smallest absolute Gasteiger partial charge is 0.141 e. The van der Waals surface area contributed by atoms with Gasteiger partial charge in [-0.1, -0.05) is 123 Å². The Morgan fingerprint density at radius 1 is 0.467 bits per heavy atom. The van der Waals surface area contributed by atoms with Gasteiger partial charge in [-0.25, -0.2) is 4.98 Å². The van der Waals surface area contributed by atoms with Crippen LogP contribution in [0.4, 0.5) is 0 Å². The first-order valence-electron chi connectivity index (χ1n) is 21.5. The van der Waals surface area contributed by atoms with Crippen molar-refractivity contribution in [2.45, 2.75) is 105 Å². The number of aromatic amines is 1.